The van der Waals surface area contributed by atoms with E-state index in [-0.39, 0.29) is 0 Å². The second kappa shape index (κ2) is 5.28. The molecular weight excluding hydrogens is 210 g/mol. The lowest BCUT2D eigenvalue weighted by Crippen LogP contribution is -2.27. The van der Waals surface area contributed by atoms with Crippen LogP contribution in [0, 0.1) is 6.07 Å². The molecule has 0 spiro atoms. The summed E-state index contributed by atoms with van der Waals surface area (Å²) in [5.74, 6) is 0. The fourth-order valence-corrected chi connectivity index (χ4v) is 2.43. The molecule has 0 saturated heterocycles. The summed E-state index contributed by atoms with van der Waals surface area (Å²) in [5.41, 5.74) is 0. The molecule has 1 rings (SSSR count). The van der Waals surface area contributed by atoms with Gasteiger partial charge < -0.3 is 0 Å². The average Bonchev–Trinajstić information content (AvgIpc) is 2.27. The summed E-state index contributed by atoms with van der Waals surface area (Å²) in [4.78, 5) is 0.333. The van der Waals surface area contributed by atoms with Crippen LogP contribution in [0.3, 0.4) is 0 Å². The Labute approximate surface area is 91.8 Å². The zero-order valence-corrected chi connectivity index (χ0v) is 9.92. The van der Waals surface area contributed by atoms with Crippen LogP contribution in [0.4, 0.5) is 0 Å². The van der Waals surface area contributed by atoms with Crippen LogP contribution < -0.4 is 0 Å². The number of benzene rings is 1. The van der Waals surface area contributed by atoms with Crippen molar-refractivity contribution in [1.82, 2.24) is 4.31 Å². The maximum atomic E-state index is 12.0. The molecule has 0 saturated carbocycles. The topological polar surface area (TPSA) is 37.4 Å². The van der Waals surface area contributed by atoms with E-state index in [1.807, 2.05) is 6.92 Å². The highest BCUT2D eigenvalue weighted by molar-refractivity contribution is 7.89. The molecule has 0 bridgehead atoms. The molecule has 0 atom stereocenters. The highest BCUT2D eigenvalue weighted by atomic mass is 32.2. The second-order valence-electron chi connectivity index (χ2n) is 3.42. The zero-order chi connectivity index (χ0) is 11.3. The van der Waals surface area contributed by atoms with Gasteiger partial charge in [0.25, 0.3) is 0 Å². The van der Waals surface area contributed by atoms with Gasteiger partial charge in [-0.25, -0.2) is 12.7 Å². The van der Waals surface area contributed by atoms with Crippen LogP contribution in [0.15, 0.2) is 29.2 Å². The van der Waals surface area contributed by atoms with Crippen molar-refractivity contribution in [3.63, 3.8) is 0 Å². The predicted molar refractivity (Wildman–Crippen MR) is 60.0 cm³/mol. The summed E-state index contributed by atoms with van der Waals surface area (Å²) in [5, 5.41) is 0. The molecule has 0 N–H and O–H groups in total. The van der Waals surface area contributed by atoms with Crippen molar-refractivity contribution in [3.05, 3.63) is 30.3 Å². The smallest absolute Gasteiger partial charge is 0.207 e. The number of nitrogens with zero attached hydrogens (tertiary/aromatic N) is 1. The van der Waals surface area contributed by atoms with Crippen molar-refractivity contribution < 1.29 is 8.42 Å². The van der Waals surface area contributed by atoms with E-state index in [9.17, 15) is 8.42 Å². The van der Waals surface area contributed by atoms with Crippen LogP contribution in [-0.2, 0) is 10.0 Å². The maximum Gasteiger partial charge on any atom is 0.242 e. The van der Waals surface area contributed by atoms with E-state index in [0.29, 0.717) is 11.4 Å². The van der Waals surface area contributed by atoms with Gasteiger partial charge in [-0.2, -0.15) is 0 Å². The summed E-state index contributed by atoms with van der Waals surface area (Å²) < 4.78 is 25.3. The number of hydrogen-bond acceptors (Lipinski definition) is 2. The van der Waals surface area contributed by atoms with E-state index in [1.165, 1.54) is 4.31 Å². The fraction of sp³-hybridized carbons (Fsp3) is 0.455. The SMILES string of the molecule is CCCCN(C)S(=O)(=O)c1cc[c]cc1. The minimum absolute atomic E-state index is 0.333. The average molecular weight is 226 g/mol. The second-order valence-corrected chi connectivity index (χ2v) is 5.46. The predicted octanol–water partition coefficient (Wildman–Crippen LogP) is 1.91. The first-order valence-corrected chi connectivity index (χ1v) is 6.45. The van der Waals surface area contributed by atoms with Gasteiger partial charge in [-0.15, -0.1) is 0 Å². The molecule has 1 radical (unpaired) electrons. The molecule has 0 heterocycles. The van der Waals surface area contributed by atoms with Gasteiger partial charge in [0, 0.05) is 13.6 Å². The van der Waals surface area contributed by atoms with Gasteiger partial charge in [0.15, 0.2) is 0 Å². The molecule has 15 heavy (non-hydrogen) atoms. The van der Waals surface area contributed by atoms with E-state index in [0.717, 1.165) is 12.8 Å². The zero-order valence-electron chi connectivity index (χ0n) is 9.10. The quantitative estimate of drug-likeness (QED) is 0.769. The lowest BCUT2D eigenvalue weighted by atomic mass is 10.3. The Morgan fingerprint density at radius 1 is 1.33 bits per heavy atom. The number of hydrogen-bond donors (Lipinski definition) is 0. The molecule has 0 aromatic heterocycles. The molecule has 0 amide bonds. The Morgan fingerprint density at radius 2 is 1.93 bits per heavy atom. The summed E-state index contributed by atoms with van der Waals surface area (Å²) in [6.07, 6.45) is 1.87. The third-order valence-electron chi connectivity index (χ3n) is 2.22. The van der Waals surface area contributed by atoms with Gasteiger partial charge >= 0.3 is 0 Å². The Bertz CT molecular complexity index is 386. The third-order valence-corrected chi connectivity index (χ3v) is 4.09. The maximum absolute atomic E-state index is 12.0. The molecule has 0 fully saturated rings. The minimum atomic E-state index is -3.30. The molecule has 0 aliphatic rings. The van der Waals surface area contributed by atoms with Crippen LogP contribution in [0.5, 0.6) is 0 Å². The van der Waals surface area contributed by atoms with E-state index in [1.54, 1.807) is 31.3 Å². The van der Waals surface area contributed by atoms with Crippen molar-refractivity contribution in [2.24, 2.45) is 0 Å². The first kappa shape index (κ1) is 12.2. The standard InChI is InChI=1S/C11H16NO2S/c1-3-4-10-12(2)15(13,14)11-8-6-5-7-9-11/h6-9H,3-4,10H2,1-2H3. The highest BCUT2D eigenvalue weighted by Crippen LogP contribution is 2.13. The van der Waals surface area contributed by atoms with Crippen LogP contribution in [0.25, 0.3) is 0 Å². The molecule has 0 unspecified atom stereocenters. The van der Waals surface area contributed by atoms with Crippen molar-refractivity contribution in [2.45, 2.75) is 24.7 Å². The van der Waals surface area contributed by atoms with Crippen LogP contribution in [-0.4, -0.2) is 26.3 Å². The summed E-state index contributed by atoms with van der Waals surface area (Å²) >= 11 is 0. The first-order chi connectivity index (χ1) is 7.09. The number of unbranched alkanes of at least 4 members (excludes halogenated alkanes) is 1. The van der Waals surface area contributed by atoms with Gasteiger partial charge in [0.05, 0.1) is 4.90 Å². The fourth-order valence-electron chi connectivity index (χ4n) is 1.22. The van der Waals surface area contributed by atoms with Crippen molar-refractivity contribution in [1.29, 1.82) is 0 Å². The van der Waals surface area contributed by atoms with E-state index < -0.39 is 10.0 Å². The van der Waals surface area contributed by atoms with Crippen LogP contribution in [0.1, 0.15) is 19.8 Å². The molecule has 4 heteroatoms. The van der Waals surface area contributed by atoms with E-state index in [4.69, 9.17) is 0 Å². The van der Waals surface area contributed by atoms with Crippen molar-refractivity contribution >= 4 is 10.0 Å². The lowest BCUT2D eigenvalue weighted by Gasteiger charge is -2.16. The number of rotatable bonds is 5. The Morgan fingerprint density at radius 3 is 2.47 bits per heavy atom. The molecule has 0 aliphatic heterocycles. The summed E-state index contributed by atoms with van der Waals surface area (Å²) in [6, 6.07) is 9.16. The van der Waals surface area contributed by atoms with Gasteiger partial charge in [-0.05, 0) is 24.6 Å². The monoisotopic (exact) mass is 226 g/mol. The molecular formula is C11H16NO2S. The summed E-state index contributed by atoms with van der Waals surface area (Å²) in [6.45, 7) is 2.61. The van der Waals surface area contributed by atoms with E-state index >= 15 is 0 Å². The molecule has 83 valence electrons. The Kier molecular flexibility index (Phi) is 4.29. The van der Waals surface area contributed by atoms with E-state index in [2.05, 4.69) is 6.07 Å². The van der Waals surface area contributed by atoms with Crippen LogP contribution in [0.2, 0.25) is 0 Å². The van der Waals surface area contributed by atoms with Gasteiger partial charge in [-0.3, -0.25) is 0 Å². The molecule has 3 nitrogen and oxygen atoms in total. The largest absolute Gasteiger partial charge is 0.242 e. The minimum Gasteiger partial charge on any atom is -0.207 e. The van der Waals surface area contributed by atoms with Gasteiger partial charge in [0.2, 0.25) is 10.0 Å². The van der Waals surface area contributed by atoms with Crippen LogP contribution >= 0.6 is 0 Å². The highest BCUT2D eigenvalue weighted by Gasteiger charge is 2.19. The Hall–Kier alpha value is -0.870. The lowest BCUT2D eigenvalue weighted by molar-refractivity contribution is 0.459. The Balaban J connectivity index is 2.84. The molecule has 0 aliphatic carbocycles. The molecule has 1 aromatic carbocycles. The first-order valence-electron chi connectivity index (χ1n) is 5.01. The third kappa shape index (κ3) is 3.04. The van der Waals surface area contributed by atoms with Crippen molar-refractivity contribution in [3.8, 4) is 0 Å². The van der Waals surface area contributed by atoms with Crippen molar-refractivity contribution in [2.75, 3.05) is 13.6 Å². The number of sulfonamides is 1. The van der Waals surface area contributed by atoms with Gasteiger partial charge in [-0.1, -0.05) is 25.5 Å². The normalized spacial score (nSPS) is 11.9. The van der Waals surface area contributed by atoms with Gasteiger partial charge in [0.1, 0.15) is 0 Å². The summed E-state index contributed by atoms with van der Waals surface area (Å²) in [7, 11) is -1.69. The molecule has 1 aromatic rings.